The van der Waals surface area contributed by atoms with Gasteiger partial charge in [-0.3, -0.25) is 9.59 Å². The van der Waals surface area contributed by atoms with Crippen molar-refractivity contribution >= 4 is 17.8 Å². The number of carbonyl (C=O) groups excluding carboxylic acids is 3. The van der Waals surface area contributed by atoms with Crippen LogP contribution < -0.4 is 0 Å². The van der Waals surface area contributed by atoms with Crippen molar-refractivity contribution in [1.29, 1.82) is 0 Å². The van der Waals surface area contributed by atoms with E-state index in [1.165, 1.54) is 0 Å². The lowest BCUT2D eigenvalue weighted by Gasteiger charge is -2.46. The van der Waals surface area contributed by atoms with E-state index in [1.807, 2.05) is 16.8 Å². The molecule has 128 valence electrons. The summed E-state index contributed by atoms with van der Waals surface area (Å²) in [6.07, 6.45) is 1.61. The summed E-state index contributed by atoms with van der Waals surface area (Å²) in [7, 11) is 5.37. The molecule has 3 saturated heterocycles. The summed E-state index contributed by atoms with van der Waals surface area (Å²) < 4.78 is 0. The molecule has 0 unspecified atom stereocenters. The highest BCUT2D eigenvalue weighted by Gasteiger charge is 2.61. The molecule has 1 spiro atoms. The number of urea groups is 1. The van der Waals surface area contributed by atoms with Gasteiger partial charge in [-0.1, -0.05) is 0 Å². The van der Waals surface area contributed by atoms with Gasteiger partial charge < -0.3 is 19.6 Å². The van der Waals surface area contributed by atoms with Crippen LogP contribution in [0.3, 0.4) is 0 Å². The lowest BCUT2D eigenvalue weighted by Crippen LogP contribution is -2.56. The molecule has 3 aliphatic heterocycles. The number of hydrogen-bond acceptors (Lipinski definition) is 3. The predicted octanol–water partition coefficient (Wildman–Crippen LogP) is 0.0691. The van der Waals surface area contributed by atoms with Crippen LogP contribution in [0.25, 0.3) is 0 Å². The van der Waals surface area contributed by atoms with Crippen LogP contribution in [-0.2, 0) is 9.59 Å². The summed E-state index contributed by atoms with van der Waals surface area (Å²) in [5, 5.41) is 0. The van der Waals surface area contributed by atoms with E-state index in [4.69, 9.17) is 0 Å². The van der Waals surface area contributed by atoms with Crippen LogP contribution in [0.1, 0.15) is 19.8 Å². The Balaban J connectivity index is 1.81. The van der Waals surface area contributed by atoms with Gasteiger partial charge in [0.05, 0.1) is 11.5 Å². The summed E-state index contributed by atoms with van der Waals surface area (Å²) in [5.41, 5.74) is -0.199. The molecule has 0 aromatic heterocycles. The Labute approximate surface area is 137 Å². The highest BCUT2D eigenvalue weighted by Crippen LogP contribution is 2.48. The van der Waals surface area contributed by atoms with Gasteiger partial charge in [-0.2, -0.15) is 0 Å². The Morgan fingerprint density at radius 1 is 1.13 bits per heavy atom. The van der Waals surface area contributed by atoms with Crippen molar-refractivity contribution in [3.05, 3.63) is 0 Å². The number of rotatable bonds is 0. The predicted molar refractivity (Wildman–Crippen MR) is 84.6 cm³/mol. The molecule has 0 bridgehead atoms. The van der Waals surface area contributed by atoms with Crippen LogP contribution in [0, 0.1) is 11.8 Å². The summed E-state index contributed by atoms with van der Waals surface area (Å²) in [6.45, 7) is 4.13. The average Bonchev–Trinajstić information content (AvgIpc) is 3.03. The summed E-state index contributed by atoms with van der Waals surface area (Å²) in [4.78, 5) is 43.7. The second-order valence-corrected chi connectivity index (χ2v) is 7.30. The van der Waals surface area contributed by atoms with Crippen molar-refractivity contribution in [2.45, 2.75) is 25.3 Å². The van der Waals surface area contributed by atoms with Crippen molar-refractivity contribution in [3.63, 3.8) is 0 Å². The van der Waals surface area contributed by atoms with Crippen LogP contribution in [0.5, 0.6) is 0 Å². The third-order valence-corrected chi connectivity index (χ3v) is 6.05. The molecule has 0 aromatic carbocycles. The monoisotopic (exact) mass is 322 g/mol. The fourth-order valence-corrected chi connectivity index (χ4v) is 4.67. The van der Waals surface area contributed by atoms with Gasteiger partial charge in [-0.05, 0) is 12.8 Å². The number of carbonyl (C=O) groups is 3. The topological polar surface area (TPSA) is 64.2 Å². The lowest BCUT2D eigenvalue weighted by molar-refractivity contribution is -0.135. The van der Waals surface area contributed by atoms with E-state index in [0.717, 1.165) is 12.8 Å². The Hall–Kier alpha value is -1.79. The molecule has 3 heterocycles. The third kappa shape index (κ3) is 2.28. The van der Waals surface area contributed by atoms with Gasteiger partial charge in [0.25, 0.3) is 0 Å². The highest BCUT2D eigenvalue weighted by atomic mass is 16.2. The Morgan fingerprint density at radius 2 is 1.74 bits per heavy atom. The standard InChI is InChI=1S/C16H26N4O3/c1-11(21)19-7-5-16(6-8-19)13-10-20(15(23)17(2)3)9-12(13)14(22)18(16)4/h12-13H,5-10H2,1-4H3/t12-,13+/m0/s1. The van der Waals surface area contributed by atoms with Crippen molar-refractivity contribution in [2.75, 3.05) is 47.3 Å². The molecule has 0 saturated carbocycles. The zero-order valence-corrected chi connectivity index (χ0v) is 14.4. The van der Waals surface area contributed by atoms with E-state index in [-0.39, 0.29) is 35.2 Å². The zero-order valence-electron chi connectivity index (χ0n) is 14.4. The van der Waals surface area contributed by atoms with E-state index < -0.39 is 0 Å². The number of likely N-dealkylation sites (tertiary alicyclic amines) is 3. The van der Waals surface area contributed by atoms with Crippen LogP contribution in [-0.4, -0.2) is 90.3 Å². The van der Waals surface area contributed by atoms with Crippen molar-refractivity contribution in [2.24, 2.45) is 11.8 Å². The van der Waals surface area contributed by atoms with E-state index in [0.29, 0.717) is 26.2 Å². The van der Waals surface area contributed by atoms with Gasteiger partial charge in [0.15, 0.2) is 0 Å². The molecule has 0 N–H and O–H groups in total. The Morgan fingerprint density at radius 3 is 2.26 bits per heavy atom. The van der Waals surface area contributed by atoms with E-state index in [1.54, 1.807) is 30.8 Å². The van der Waals surface area contributed by atoms with Gasteiger partial charge in [-0.15, -0.1) is 0 Å². The quantitative estimate of drug-likeness (QED) is 0.634. The maximum Gasteiger partial charge on any atom is 0.319 e. The third-order valence-electron chi connectivity index (χ3n) is 6.05. The van der Waals surface area contributed by atoms with Crippen molar-refractivity contribution < 1.29 is 14.4 Å². The SMILES string of the molecule is CC(=O)N1CCC2(CC1)[C@@H]1CN(C(=O)N(C)C)C[C@@H]1C(=O)N2C. The first-order valence-electron chi connectivity index (χ1n) is 8.27. The van der Waals surface area contributed by atoms with Crippen LogP contribution in [0.15, 0.2) is 0 Å². The van der Waals surface area contributed by atoms with Gasteiger partial charge in [0.1, 0.15) is 0 Å². The number of nitrogens with zero attached hydrogens (tertiary/aromatic N) is 4. The molecule has 3 rings (SSSR count). The molecule has 0 radical (unpaired) electrons. The summed E-state index contributed by atoms with van der Waals surface area (Å²) in [6, 6.07) is -0.0221. The first kappa shape index (κ1) is 16.1. The van der Waals surface area contributed by atoms with Crippen LogP contribution in [0.2, 0.25) is 0 Å². The Bertz CT molecular complexity index is 539. The number of fused-ring (bicyclic) bond motifs is 2. The summed E-state index contributed by atoms with van der Waals surface area (Å²) in [5.74, 6) is 0.338. The van der Waals surface area contributed by atoms with E-state index in [9.17, 15) is 14.4 Å². The zero-order chi connectivity index (χ0) is 16.9. The lowest BCUT2D eigenvalue weighted by atomic mass is 9.75. The van der Waals surface area contributed by atoms with Crippen LogP contribution in [0.4, 0.5) is 4.79 Å². The number of hydrogen-bond donors (Lipinski definition) is 0. The molecule has 4 amide bonds. The van der Waals surface area contributed by atoms with Gasteiger partial charge in [0, 0.05) is 60.2 Å². The summed E-state index contributed by atoms with van der Waals surface area (Å²) >= 11 is 0. The first-order valence-corrected chi connectivity index (χ1v) is 8.27. The molecule has 0 aromatic rings. The molecule has 3 fully saturated rings. The number of piperidine rings is 1. The maximum atomic E-state index is 12.7. The minimum Gasteiger partial charge on any atom is -0.343 e. The molecule has 7 heteroatoms. The normalized spacial score (nSPS) is 29.2. The fraction of sp³-hybridized carbons (Fsp3) is 0.812. The molecular weight excluding hydrogens is 296 g/mol. The highest BCUT2D eigenvalue weighted by molar-refractivity contribution is 5.85. The molecule has 23 heavy (non-hydrogen) atoms. The minimum atomic E-state index is -0.199. The molecule has 3 aliphatic rings. The average molecular weight is 322 g/mol. The Kier molecular flexibility index (Phi) is 3.77. The molecular formula is C16H26N4O3. The smallest absolute Gasteiger partial charge is 0.319 e. The van der Waals surface area contributed by atoms with Gasteiger partial charge in [-0.25, -0.2) is 4.79 Å². The largest absolute Gasteiger partial charge is 0.343 e. The second kappa shape index (κ2) is 5.39. The maximum absolute atomic E-state index is 12.7. The molecule has 0 aliphatic carbocycles. The number of amides is 4. The van der Waals surface area contributed by atoms with Gasteiger partial charge >= 0.3 is 6.03 Å². The molecule has 7 nitrogen and oxygen atoms in total. The van der Waals surface area contributed by atoms with E-state index >= 15 is 0 Å². The second-order valence-electron chi connectivity index (χ2n) is 7.30. The van der Waals surface area contributed by atoms with E-state index in [2.05, 4.69) is 0 Å². The molecule has 2 atom stereocenters. The first-order chi connectivity index (χ1) is 10.8. The van der Waals surface area contributed by atoms with Crippen molar-refractivity contribution in [3.8, 4) is 0 Å². The minimum absolute atomic E-state index is 0.0221. The van der Waals surface area contributed by atoms with Crippen molar-refractivity contribution in [1.82, 2.24) is 19.6 Å². The van der Waals surface area contributed by atoms with Gasteiger partial charge in [0.2, 0.25) is 11.8 Å². The fourth-order valence-electron chi connectivity index (χ4n) is 4.67. The van der Waals surface area contributed by atoms with Crippen LogP contribution >= 0.6 is 0 Å².